The molecule has 0 spiro atoms. The van der Waals surface area contributed by atoms with Gasteiger partial charge in [-0.2, -0.15) is 0 Å². The van der Waals surface area contributed by atoms with Crippen LogP contribution < -0.4 is 14.8 Å². The van der Waals surface area contributed by atoms with Crippen LogP contribution in [0.5, 0.6) is 11.5 Å². The first-order valence-electron chi connectivity index (χ1n) is 6.71. The highest BCUT2D eigenvalue weighted by atomic mass is 79.9. The second-order valence-corrected chi connectivity index (χ2v) is 7.43. The molecule has 22 heavy (non-hydrogen) atoms. The van der Waals surface area contributed by atoms with Crippen molar-refractivity contribution < 1.29 is 14.3 Å². The van der Waals surface area contributed by atoms with Gasteiger partial charge in [-0.25, -0.2) is 0 Å². The van der Waals surface area contributed by atoms with Crippen LogP contribution in [-0.2, 0) is 0 Å². The van der Waals surface area contributed by atoms with Crippen LogP contribution in [0.15, 0.2) is 32.5 Å². The maximum absolute atomic E-state index is 12.4. The van der Waals surface area contributed by atoms with E-state index in [1.165, 1.54) is 11.3 Å². The number of rotatable bonds is 6. The molecule has 7 heteroatoms. The molecule has 118 valence electrons. The maximum atomic E-state index is 12.4. The number of carbonyl (C=O) groups excluding carboxylic acids is 1. The number of thiophene rings is 1. The summed E-state index contributed by atoms with van der Waals surface area (Å²) in [5.41, 5.74) is 0.596. The summed E-state index contributed by atoms with van der Waals surface area (Å²) < 4.78 is 12.8. The van der Waals surface area contributed by atoms with Crippen LogP contribution in [0.25, 0.3) is 0 Å². The first-order chi connectivity index (χ1) is 10.5. The number of carbonyl (C=O) groups is 1. The molecule has 2 aromatic rings. The molecule has 4 nitrogen and oxygen atoms in total. The van der Waals surface area contributed by atoms with Gasteiger partial charge in [0.05, 0.1) is 27.6 Å². The zero-order valence-corrected chi connectivity index (χ0v) is 16.1. The Morgan fingerprint density at radius 3 is 2.50 bits per heavy atom. The Hall–Kier alpha value is -1.05. The molecular weight excluding hydrogens is 434 g/mol. The predicted molar refractivity (Wildman–Crippen MR) is 96.5 cm³/mol. The molecule has 1 amide bonds. The number of benzene rings is 1. The summed E-state index contributed by atoms with van der Waals surface area (Å²) in [5, 5.41) is 2.88. The molecular formula is C15H15Br2NO3S. The zero-order chi connectivity index (χ0) is 16.1. The summed E-state index contributed by atoms with van der Waals surface area (Å²) in [5.74, 6) is 1.12. The Bertz CT molecular complexity index is 653. The minimum absolute atomic E-state index is 0.189. The van der Waals surface area contributed by atoms with E-state index in [-0.39, 0.29) is 5.91 Å². The first-order valence-corrected chi connectivity index (χ1v) is 9.11. The molecule has 0 aliphatic heterocycles. The monoisotopic (exact) mass is 447 g/mol. The van der Waals surface area contributed by atoms with E-state index < -0.39 is 0 Å². The third-order valence-corrected chi connectivity index (χ3v) is 5.93. The molecule has 2 rings (SSSR count). The van der Waals surface area contributed by atoms with E-state index in [0.717, 1.165) is 8.26 Å². The second-order valence-electron chi connectivity index (χ2n) is 4.21. The highest BCUT2D eigenvalue weighted by Gasteiger charge is 2.15. The van der Waals surface area contributed by atoms with Crippen molar-refractivity contribution in [1.29, 1.82) is 0 Å². The highest BCUT2D eigenvalue weighted by Crippen LogP contribution is 2.34. The normalized spacial score (nSPS) is 10.4. The summed E-state index contributed by atoms with van der Waals surface area (Å²) in [4.78, 5) is 13.0. The molecule has 0 saturated carbocycles. The number of nitrogens with one attached hydrogen (secondary N) is 1. The van der Waals surface area contributed by atoms with Crippen LogP contribution in [0.3, 0.4) is 0 Å². The van der Waals surface area contributed by atoms with Crippen molar-refractivity contribution in [2.45, 2.75) is 13.8 Å². The van der Waals surface area contributed by atoms with E-state index in [1.54, 1.807) is 18.2 Å². The van der Waals surface area contributed by atoms with Gasteiger partial charge in [-0.3, -0.25) is 4.79 Å². The lowest BCUT2D eigenvalue weighted by Crippen LogP contribution is -2.11. The van der Waals surface area contributed by atoms with Gasteiger partial charge in [0.2, 0.25) is 0 Å². The van der Waals surface area contributed by atoms with Crippen LogP contribution >= 0.6 is 43.2 Å². The minimum atomic E-state index is -0.189. The molecule has 0 fully saturated rings. The van der Waals surface area contributed by atoms with Crippen LogP contribution in [0, 0.1) is 0 Å². The van der Waals surface area contributed by atoms with Gasteiger partial charge in [-0.05, 0) is 63.9 Å². The van der Waals surface area contributed by atoms with Crippen molar-refractivity contribution in [2.75, 3.05) is 18.5 Å². The highest BCUT2D eigenvalue weighted by molar-refractivity contribution is 9.13. The average molecular weight is 449 g/mol. The van der Waals surface area contributed by atoms with Crippen molar-refractivity contribution in [1.82, 2.24) is 0 Å². The van der Waals surface area contributed by atoms with E-state index in [9.17, 15) is 4.79 Å². The molecule has 0 radical (unpaired) electrons. The van der Waals surface area contributed by atoms with Crippen molar-refractivity contribution in [2.24, 2.45) is 0 Å². The van der Waals surface area contributed by atoms with Crippen LogP contribution in [0.2, 0.25) is 0 Å². The fourth-order valence-electron chi connectivity index (χ4n) is 1.79. The fourth-order valence-corrected chi connectivity index (χ4v) is 3.72. The minimum Gasteiger partial charge on any atom is -0.494 e. The van der Waals surface area contributed by atoms with Gasteiger partial charge >= 0.3 is 0 Å². The summed E-state index contributed by atoms with van der Waals surface area (Å²) in [6.45, 7) is 4.89. The SMILES string of the molecule is CCOc1ccc(OCC)c(NC(=O)c2cc(Br)c(Br)s2)c1. The standard InChI is InChI=1S/C15H15Br2NO3S/c1-3-20-9-5-6-12(21-4-2)11(7-9)18-15(19)13-8-10(16)14(17)22-13/h5-8H,3-4H2,1-2H3,(H,18,19). The Kier molecular flexibility index (Phi) is 6.28. The zero-order valence-electron chi connectivity index (χ0n) is 12.1. The van der Waals surface area contributed by atoms with E-state index in [1.807, 2.05) is 19.9 Å². The third kappa shape index (κ3) is 4.24. The molecule has 0 atom stereocenters. The smallest absolute Gasteiger partial charge is 0.265 e. The first kappa shape index (κ1) is 17.3. The lowest BCUT2D eigenvalue weighted by Gasteiger charge is -2.13. The van der Waals surface area contributed by atoms with Crippen molar-refractivity contribution in [3.05, 3.63) is 37.4 Å². The third-order valence-electron chi connectivity index (χ3n) is 2.68. The van der Waals surface area contributed by atoms with Crippen LogP contribution in [-0.4, -0.2) is 19.1 Å². The lowest BCUT2D eigenvalue weighted by molar-refractivity contribution is 0.103. The van der Waals surface area contributed by atoms with E-state index in [0.29, 0.717) is 35.3 Å². The summed E-state index contributed by atoms with van der Waals surface area (Å²) in [6, 6.07) is 7.16. The van der Waals surface area contributed by atoms with Gasteiger partial charge in [0.15, 0.2) is 0 Å². The molecule has 0 unspecified atom stereocenters. The number of anilines is 1. The number of hydrogen-bond donors (Lipinski definition) is 1. The number of amides is 1. The topological polar surface area (TPSA) is 47.6 Å². The van der Waals surface area contributed by atoms with Crippen LogP contribution in [0.4, 0.5) is 5.69 Å². The Balaban J connectivity index is 2.25. The quantitative estimate of drug-likeness (QED) is 0.650. The number of hydrogen-bond acceptors (Lipinski definition) is 4. The van der Waals surface area contributed by atoms with Gasteiger partial charge in [0.1, 0.15) is 11.5 Å². The van der Waals surface area contributed by atoms with Crippen molar-refractivity contribution in [3.8, 4) is 11.5 Å². The lowest BCUT2D eigenvalue weighted by atomic mass is 10.2. The summed E-state index contributed by atoms with van der Waals surface area (Å²) in [6.07, 6.45) is 0. The second kappa shape index (κ2) is 7.99. The average Bonchev–Trinajstić information content (AvgIpc) is 2.82. The predicted octanol–water partition coefficient (Wildman–Crippen LogP) is 5.32. The summed E-state index contributed by atoms with van der Waals surface area (Å²) in [7, 11) is 0. The molecule has 0 bridgehead atoms. The van der Waals surface area contributed by atoms with Gasteiger partial charge in [-0.1, -0.05) is 0 Å². The van der Waals surface area contributed by atoms with Gasteiger partial charge in [0, 0.05) is 10.5 Å². The van der Waals surface area contributed by atoms with E-state index in [4.69, 9.17) is 9.47 Å². The molecule has 1 aromatic heterocycles. The Labute approximate surface area is 150 Å². The van der Waals surface area contributed by atoms with Crippen LogP contribution in [0.1, 0.15) is 23.5 Å². The van der Waals surface area contributed by atoms with E-state index >= 15 is 0 Å². The maximum Gasteiger partial charge on any atom is 0.265 e. The van der Waals surface area contributed by atoms with Gasteiger partial charge in [-0.15, -0.1) is 11.3 Å². The fraction of sp³-hybridized carbons (Fsp3) is 0.267. The molecule has 1 aromatic carbocycles. The molecule has 0 saturated heterocycles. The Morgan fingerprint density at radius 2 is 1.91 bits per heavy atom. The largest absolute Gasteiger partial charge is 0.494 e. The van der Waals surface area contributed by atoms with E-state index in [2.05, 4.69) is 37.2 Å². The Morgan fingerprint density at radius 1 is 1.18 bits per heavy atom. The van der Waals surface area contributed by atoms with Crippen molar-refractivity contribution >= 4 is 54.8 Å². The van der Waals surface area contributed by atoms with Crippen molar-refractivity contribution in [3.63, 3.8) is 0 Å². The summed E-state index contributed by atoms with van der Waals surface area (Å²) >= 11 is 8.13. The molecule has 0 aliphatic rings. The number of ether oxygens (including phenoxy) is 2. The van der Waals surface area contributed by atoms with Gasteiger partial charge in [0.25, 0.3) is 5.91 Å². The molecule has 0 aliphatic carbocycles. The molecule has 1 N–H and O–H groups in total. The van der Waals surface area contributed by atoms with Gasteiger partial charge < -0.3 is 14.8 Å². The number of halogens is 2. The molecule has 1 heterocycles.